The quantitative estimate of drug-likeness (QED) is 0.726. The summed E-state index contributed by atoms with van der Waals surface area (Å²) >= 11 is 0. The van der Waals surface area contributed by atoms with Crippen LogP contribution in [0.3, 0.4) is 0 Å². The van der Waals surface area contributed by atoms with E-state index < -0.39 is 0 Å². The largest absolute Gasteiger partial charge is 0.383 e. The zero-order valence-corrected chi connectivity index (χ0v) is 11.0. The van der Waals surface area contributed by atoms with Gasteiger partial charge in [-0.3, -0.25) is 0 Å². The fourth-order valence-corrected chi connectivity index (χ4v) is 2.13. The highest BCUT2D eigenvalue weighted by atomic mass is 16.5. The Labute approximate surface area is 99.9 Å². The average Bonchev–Trinajstić information content (AvgIpc) is 2.29. The van der Waals surface area contributed by atoms with Crippen LogP contribution < -0.4 is 5.32 Å². The Hall–Kier alpha value is -0.120. The van der Waals surface area contributed by atoms with Crippen molar-refractivity contribution < 1.29 is 9.47 Å². The minimum Gasteiger partial charge on any atom is -0.383 e. The lowest BCUT2D eigenvalue weighted by Gasteiger charge is -2.25. The standard InChI is InChI=1S/C13H27NO2/c1-11(2)13(10-15-3)14-8-7-12-6-4-5-9-16-12/h11-14H,4-10H2,1-3H3. The van der Waals surface area contributed by atoms with Crippen LogP contribution in [0.15, 0.2) is 0 Å². The molecule has 1 heterocycles. The smallest absolute Gasteiger partial charge is 0.0618 e. The zero-order chi connectivity index (χ0) is 11.8. The van der Waals surface area contributed by atoms with Gasteiger partial charge in [0.25, 0.3) is 0 Å². The Morgan fingerprint density at radius 3 is 2.75 bits per heavy atom. The molecule has 2 atom stereocenters. The minimum atomic E-state index is 0.466. The van der Waals surface area contributed by atoms with E-state index in [4.69, 9.17) is 9.47 Å². The summed E-state index contributed by atoms with van der Waals surface area (Å²) in [6, 6.07) is 0.466. The lowest BCUT2D eigenvalue weighted by Crippen LogP contribution is -2.39. The van der Waals surface area contributed by atoms with Gasteiger partial charge in [-0.25, -0.2) is 0 Å². The molecule has 0 aromatic rings. The topological polar surface area (TPSA) is 30.5 Å². The van der Waals surface area contributed by atoms with Crippen LogP contribution in [0, 0.1) is 5.92 Å². The van der Waals surface area contributed by atoms with Crippen molar-refractivity contribution in [3.05, 3.63) is 0 Å². The third-order valence-corrected chi connectivity index (χ3v) is 3.30. The molecular formula is C13H27NO2. The summed E-state index contributed by atoms with van der Waals surface area (Å²) in [5.74, 6) is 0.618. The molecule has 96 valence electrons. The lowest BCUT2D eigenvalue weighted by molar-refractivity contribution is 0.0104. The van der Waals surface area contributed by atoms with Gasteiger partial charge in [-0.2, -0.15) is 0 Å². The third-order valence-electron chi connectivity index (χ3n) is 3.30. The first kappa shape index (κ1) is 13.9. The van der Waals surface area contributed by atoms with Gasteiger partial charge in [0.2, 0.25) is 0 Å². The van der Waals surface area contributed by atoms with Crippen LogP contribution in [0.5, 0.6) is 0 Å². The average molecular weight is 229 g/mol. The fraction of sp³-hybridized carbons (Fsp3) is 1.00. The second-order valence-corrected chi connectivity index (χ2v) is 5.04. The molecule has 3 heteroatoms. The highest BCUT2D eigenvalue weighted by molar-refractivity contribution is 4.72. The molecule has 0 aromatic heterocycles. The second-order valence-electron chi connectivity index (χ2n) is 5.04. The summed E-state index contributed by atoms with van der Waals surface area (Å²) in [6.45, 7) is 7.25. The fourth-order valence-electron chi connectivity index (χ4n) is 2.13. The number of hydrogen-bond donors (Lipinski definition) is 1. The van der Waals surface area contributed by atoms with E-state index in [1.54, 1.807) is 7.11 Å². The highest BCUT2D eigenvalue weighted by Gasteiger charge is 2.16. The molecule has 0 aromatic carbocycles. The van der Waals surface area contributed by atoms with Crippen LogP contribution in [0.25, 0.3) is 0 Å². The first-order valence-corrected chi connectivity index (χ1v) is 6.58. The molecule has 0 amide bonds. The van der Waals surface area contributed by atoms with Gasteiger partial charge in [-0.1, -0.05) is 13.8 Å². The van der Waals surface area contributed by atoms with Crippen molar-refractivity contribution in [3.8, 4) is 0 Å². The highest BCUT2D eigenvalue weighted by Crippen LogP contribution is 2.15. The minimum absolute atomic E-state index is 0.466. The summed E-state index contributed by atoms with van der Waals surface area (Å²) in [4.78, 5) is 0. The van der Waals surface area contributed by atoms with E-state index in [9.17, 15) is 0 Å². The monoisotopic (exact) mass is 229 g/mol. The Morgan fingerprint density at radius 2 is 2.19 bits per heavy atom. The first-order chi connectivity index (χ1) is 7.74. The van der Waals surface area contributed by atoms with Crippen molar-refractivity contribution >= 4 is 0 Å². The van der Waals surface area contributed by atoms with Gasteiger partial charge in [-0.15, -0.1) is 0 Å². The maximum atomic E-state index is 5.71. The van der Waals surface area contributed by atoms with Gasteiger partial charge in [0.05, 0.1) is 12.7 Å². The van der Waals surface area contributed by atoms with E-state index in [2.05, 4.69) is 19.2 Å². The number of rotatable bonds is 7. The summed E-state index contributed by atoms with van der Waals surface area (Å²) in [5, 5.41) is 3.56. The Balaban J connectivity index is 2.11. The molecule has 0 saturated carbocycles. The van der Waals surface area contributed by atoms with Crippen LogP contribution in [0.1, 0.15) is 39.5 Å². The molecule has 2 unspecified atom stereocenters. The molecule has 0 spiro atoms. The van der Waals surface area contributed by atoms with Crippen LogP contribution in [0.2, 0.25) is 0 Å². The second kappa shape index (κ2) is 8.04. The molecular weight excluding hydrogens is 202 g/mol. The summed E-state index contributed by atoms with van der Waals surface area (Å²) < 4.78 is 10.9. The maximum absolute atomic E-state index is 5.71. The summed E-state index contributed by atoms with van der Waals surface area (Å²) in [5.41, 5.74) is 0. The van der Waals surface area contributed by atoms with Crippen molar-refractivity contribution in [2.75, 3.05) is 26.9 Å². The van der Waals surface area contributed by atoms with E-state index in [1.807, 2.05) is 0 Å². The SMILES string of the molecule is COCC(NCCC1CCCCO1)C(C)C. The summed E-state index contributed by atoms with van der Waals surface area (Å²) in [6.07, 6.45) is 5.42. The number of nitrogens with one attached hydrogen (secondary N) is 1. The van der Waals surface area contributed by atoms with Gasteiger partial charge in [-0.05, 0) is 38.1 Å². The molecule has 0 aliphatic carbocycles. The first-order valence-electron chi connectivity index (χ1n) is 6.58. The van der Waals surface area contributed by atoms with Gasteiger partial charge >= 0.3 is 0 Å². The number of hydrogen-bond acceptors (Lipinski definition) is 3. The van der Waals surface area contributed by atoms with Crippen LogP contribution in [-0.4, -0.2) is 39.0 Å². The van der Waals surface area contributed by atoms with E-state index in [0.29, 0.717) is 18.1 Å². The molecule has 1 N–H and O–H groups in total. The van der Waals surface area contributed by atoms with Crippen molar-refractivity contribution in [3.63, 3.8) is 0 Å². The zero-order valence-electron chi connectivity index (χ0n) is 11.0. The van der Waals surface area contributed by atoms with E-state index in [1.165, 1.54) is 19.3 Å². The Morgan fingerprint density at radius 1 is 1.38 bits per heavy atom. The van der Waals surface area contributed by atoms with E-state index in [0.717, 1.165) is 26.2 Å². The van der Waals surface area contributed by atoms with Crippen molar-refractivity contribution in [1.29, 1.82) is 0 Å². The lowest BCUT2D eigenvalue weighted by atomic mass is 10.0. The maximum Gasteiger partial charge on any atom is 0.0618 e. The van der Waals surface area contributed by atoms with Gasteiger partial charge in [0, 0.05) is 19.8 Å². The molecule has 1 saturated heterocycles. The van der Waals surface area contributed by atoms with Crippen LogP contribution >= 0.6 is 0 Å². The van der Waals surface area contributed by atoms with Gasteiger partial charge < -0.3 is 14.8 Å². The predicted octanol–water partition coefficient (Wildman–Crippen LogP) is 2.21. The number of methoxy groups -OCH3 is 1. The number of ether oxygens (including phenoxy) is 2. The molecule has 0 bridgehead atoms. The van der Waals surface area contributed by atoms with E-state index in [-0.39, 0.29) is 0 Å². The normalized spacial score (nSPS) is 23.6. The molecule has 16 heavy (non-hydrogen) atoms. The van der Waals surface area contributed by atoms with Crippen molar-refractivity contribution in [1.82, 2.24) is 5.32 Å². The Kier molecular flexibility index (Phi) is 7.01. The van der Waals surface area contributed by atoms with E-state index >= 15 is 0 Å². The van der Waals surface area contributed by atoms with Crippen molar-refractivity contribution in [2.45, 2.75) is 51.7 Å². The van der Waals surface area contributed by atoms with Gasteiger partial charge in [0.15, 0.2) is 0 Å². The third kappa shape index (κ3) is 5.28. The molecule has 1 fully saturated rings. The van der Waals surface area contributed by atoms with Crippen LogP contribution in [-0.2, 0) is 9.47 Å². The molecule has 1 aliphatic heterocycles. The summed E-state index contributed by atoms with van der Waals surface area (Å²) in [7, 11) is 1.77. The molecule has 3 nitrogen and oxygen atoms in total. The van der Waals surface area contributed by atoms with Gasteiger partial charge in [0.1, 0.15) is 0 Å². The molecule has 1 aliphatic rings. The molecule has 1 rings (SSSR count). The predicted molar refractivity (Wildman–Crippen MR) is 66.7 cm³/mol. The van der Waals surface area contributed by atoms with Crippen LogP contribution in [0.4, 0.5) is 0 Å². The molecule has 0 radical (unpaired) electrons. The Bertz CT molecular complexity index is 167. The van der Waals surface area contributed by atoms with Crippen molar-refractivity contribution in [2.24, 2.45) is 5.92 Å².